The van der Waals surface area contributed by atoms with Crippen molar-refractivity contribution >= 4 is 27.3 Å². The summed E-state index contributed by atoms with van der Waals surface area (Å²) >= 11 is 4.52. The zero-order valence-electron chi connectivity index (χ0n) is 7.29. The fraction of sp³-hybridized carbons (Fsp3) is 0.111. The quantitative estimate of drug-likeness (QED) is 0.744. The molecular formula is C9H6BrFN2S. The van der Waals surface area contributed by atoms with Crippen LogP contribution < -0.4 is 0 Å². The first-order valence-corrected chi connectivity index (χ1v) is 5.58. The Balaban J connectivity index is 2.53. The predicted molar refractivity (Wildman–Crippen MR) is 57.7 cm³/mol. The van der Waals surface area contributed by atoms with Gasteiger partial charge in [-0.25, -0.2) is 4.98 Å². The van der Waals surface area contributed by atoms with Gasteiger partial charge in [-0.2, -0.15) is 9.37 Å². The summed E-state index contributed by atoms with van der Waals surface area (Å²) in [6.45, 7) is 1.95. The topological polar surface area (TPSA) is 25.8 Å². The number of rotatable bonds is 1. The summed E-state index contributed by atoms with van der Waals surface area (Å²) in [4.78, 5) is 8.73. The third kappa shape index (κ3) is 1.69. The van der Waals surface area contributed by atoms with E-state index in [0.29, 0.717) is 5.82 Å². The van der Waals surface area contributed by atoms with Crippen LogP contribution in [0.25, 0.3) is 10.7 Å². The maximum atomic E-state index is 13.1. The molecule has 0 bridgehead atoms. The molecule has 0 aliphatic carbocycles. The highest BCUT2D eigenvalue weighted by atomic mass is 79.9. The molecule has 2 nitrogen and oxygen atoms in total. The van der Waals surface area contributed by atoms with Crippen molar-refractivity contribution in [1.29, 1.82) is 0 Å². The Morgan fingerprint density at radius 3 is 2.86 bits per heavy atom. The molecule has 0 fully saturated rings. The number of nitrogens with zero attached hydrogens (tertiary/aromatic N) is 2. The Labute approximate surface area is 93.0 Å². The average molecular weight is 273 g/mol. The normalized spacial score (nSPS) is 10.5. The van der Waals surface area contributed by atoms with Crippen molar-refractivity contribution in [3.63, 3.8) is 0 Å². The molecule has 0 spiro atoms. The van der Waals surface area contributed by atoms with E-state index < -0.39 is 5.95 Å². The lowest BCUT2D eigenvalue weighted by atomic mass is 10.3. The predicted octanol–water partition coefficient (Wildman–Crippen LogP) is 3.42. The van der Waals surface area contributed by atoms with Crippen molar-refractivity contribution in [3.8, 4) is 10.7 Å². The highest BCUT2D eigenvalue weighted by Gasteiger charge is 2.09. The van der Waals surface area contributed by atoms with Crippen LogP contribution in [0.15, 0.2) is 22.1 Å². The van der Waals surface area contributed by atoms with Gasteiger partial charge < -0.3 is 0 Å². The van der Waals surface area contributed by atoms with Gasteiger partial charge in [-0.3, -0.25) is 0 Å². The van der Waals surface area contributed by atoms with Crippen LogP contribution in [0.3, 0.4) is 0 Å². The number of hydrogen-bond donors (Lipinski definition) is 0. The molecule has 2 aromatic rings. The smallest absolute Gasteiger partial charge is 0.230 e. The molecule has 0 aliphatic heterocycles. The molecule has 2 rings (SSSR count). The van der Waals surface area contributed by atoms with Crippen molar-refractivity contribution in [1.82, 2.24) is 9.97 Å². The van der Waals surface area contributed by atoms with Crippen LogP contribution in [0.2, 0.25) is 0 Å². The van der Waals surface area contributed by atoms with Gasteiger partial charge in [-0.15, -0.1) is 11.3 Å². The minimum absolute atomic E-state index is 0.287. The third-order valence-electron chi connectivity index (χ3n) is 1.77. The molecule has 0 saturated carbocycles. The van der Waals surface area contributed by atoms with Gasteiger partial charge in [0, 0.05) is 6.20 Å². The minimum atomic E-state index is -0.525. The molecule has 0 aliphatic rings. The van der Waals surface area contributed by atoms with E-state index in [9.17, 15) is 4.39 Å². The van der Waals surface area contributed by atoms with Crippen LogP contribution in [0.5, 0.6) is 0 Å². The Hall–Kier alpha value is -0.810. The van der Waals surface area contributed by atoms with Gasteiger partial charge in [0.1, 0.15) is 0 Å². The summed E-state index contributed by atoms with van der Waals surface area (Å²) in [6.07, 6.45) is 1.43. The SMILES string of the molecule is Cc1ccsc1-c1ncc(Br)c(F)n1. The molecular weight excluding hydrogens is 267 g/mol. The van der Waals surface area contributed by atoms with Crippen LogP contribution in [-0.4, -0.2) is 9.97 Å². The second kappa shape index (κ2) is 3.74. The van der Waals surface area contributed by atoms with E-state index in [0.717, 1.165) is 10.4 Å². The van der Waals surface area contributed by atoms with Crippen molar-refractivity contribution in [2.75, 3.05) is 0 Å². The summed E-state index contributed by atoms with van der Waals surface area (Å²) in [5.74, 6) is -0.0824. The second-order valence-corrected chi connectivity index (χ2v) is 4.54. The highest BCUT2D eigenvalue weighted by molar-refractivity contribution is 9.10. The lowest BCUT2D eigenvalue weighted by Gasteiger charge is -1.98. The number of aryl methyl sites for hydroxylation is 1. The molecule has 0 unspecified atom stereocenters. The van der Waals surface area contributed by atoms with E-state index in [-0.39, 0.29) is 4.47 Å². The van der Waals surface area contributed by atoms with Crippen molar-refractivity contribution in [3.05, 3.63) is 33.6 Å². The molecule has 72 valence electrons. The largest absolute Gasteiger partial charge is 0.234 e. The number of halogens is 2. The monoisotopic (exact) mass is 272 g/mol. The lowest BCUT2D eigenvalue weighted by Crippen LogP contribution is -1.92. The Morgan fingerprint density at radius 1 is 1.50 bits per heavy atom. The van der Waals surface area contributed by atoms with Gasteiger partial charge >= 0.3 is 0 Å². The Morgan fingerprint density at radius 2 is 2.29 bits per heavy atom. The number of hydrogen-bond acceptors (Lipinski definition) is 3. The molecule has 0 aromatic carbocycles. The second-order valence-electron chi connectivity index (χ2n) is 2.77. The van der Waals surface area contributed by atoms with E-state index in [1.54, 1.807) is 0 Å². The van der Waals surface area contributed by atoms with Crippen molar-refractivity contribution < 1.29 is 4.39 Å². The van der Waals surface area contributed by atoms with E-state index in [1.165, 1.54) is 17.5 Å². The first kappa shape index (κ1) is 9.73. The minimum Gasteiger partial charge on any atom is -0.234 e. The molecule has 14 heavy (non-hydrogen) atoms. The maximum Gasteiger partial charge on any atom is 0.230 e. The molecule has 0 atom stereocenters. The molecule has 0 radical (unpaired) electrons. The fourth-order valence-corrected chi connectivity index (χ4v) is 2.11. The van der Waals surface area contributed by atoms with Gasteiger partial charge in [0.2, 0.25) is 5.95 Å². The van der Waals surface area contributed by atoms with Gasteiger partial charge in [0.05, 0.1) is 9.35 Å². The molecule has 5 heteroatoms. The average Bonchev–Trinajstić information content (AvgIpc) is 2.57. The molecule has 0 amide bonds. The summed E-state index contributed by atoms with van der Waals surface area (Å²) in [6, 6.07) is 1.96. The van der Waals surface area contributed by atoms with E-state index in [2.05, 4.69) is 25.9 Å². The standard InChI is InChI=1S/C9H6BrFN2S/c1-5-2-3-14-7(5)9-12-4-6(10)8(11)13-9/h2-4H,1H3. The van der Waals surface area contributed by atoms with Gasteiger partial charge in [0.25, 0.3) is 0 Å². The molecule has 0 N–H and O–H groups in total. The van der Waals surface area contributed by atoms with Crippen LogP contribution in [0.1, 0.15) is 5.56 Å². The van der Waals surface area contributed by atoms with Crippen molar-refractivity contribution in [2.24, 2.45) is 0 Å². The van der Waals surface area contributed by atoms with Crippen LogP contribution >= 0.6 is 27.3 Å². The van der Waals surface area contributed by atoms with E-state index >= 15 is 0 Å². The zero-order valence-corrected chi connectivity index (χ0v) is 9.69. The Kier molecular flexibility index (Phi) is 2.60. The van der Waals surface area contributed by atoms with Gasteiger partial charge in [-0.1, -0.05) is 0 Å². The van der Waals surface area contributed by atoms with Crippen LogP contribution in [-0.2, 0) is 0 Å². The zero-order chi connectivity index (χ0) is 10.1. The van der Waals surface area contributed by atoms with Gasteiger partial charge in [-0.05, 0) is 39.9 Å². The van der Waals surface area contributed by atoms with Crippen LogP contribution in [0.4, 0.5) is 4.39 Å². The molecule has 0 saturated heterocycles. The molecule has 2 aromatic heterocycles. The lowest BCUT2D eigenvalue weighted by molar-refractivity contribution is 0.574. The number of aromatic nitrogens is 2. The number of thiophene rings is 1. The molecule has 2 heterocycles. The third-order valence-corrected chi connectivity index (χ3v) is 3.31. The summed E-state index contributed by atoms with van der Waals surface area (Å²) in [5.41, 5.74) is 1.07. The van der Waals surface area contributed by atoms with E-state index in [4.69, 9.17) is 0 Å². The van der Waals surface area contributed by atoms with Gasteiger partial charge in [0.15, 0.2) is 5.82 Å². The highest BCUT2D eigenvalue weighted by Crippen LogP contribution is 2.26. The Bertz CT molecular complexity index is 470. The summed E-state index contributed by atoms with van der Waals surface area (Å²) in [7, 11) is 0. The summed E-state index contributed by atoms with van der Waals surface area (Å²) < 4.78 is 13.4. The summed E-state index contributed by atoms with van der Waals surface area (Å²) in [5, 5.41) is 1.94. The first-order valence-electron chi connectivity index (χ1n) is 3.91. The van der Waals surface area contributed by atoms with Crippen LogP contribution in [0, 0.1) is 12.9 Å². The van der Waals surface area contributed by atoms with Crippen molar-refractivity contribution in [2.45, 2.75) is 6.92 Å². The fourth-order valence-electron chi connectivity index (χ4n) is 1.06. The maximum absolute atomic E-state index is 13.1. The van der Waals surface area contributed by atoms with E-state index in [1.807, 2.05) is 18.4 Å². The first-order chi connectivity index (χ1) is 6.68.